The Kier molecular flexibility index (Phi) is 4.41. The van der Waals surface area contributed by atoms with Crippen LogP contribution in [0.3, 0.4) is 0 Å². The van der Waals surface area contributed by atoms with Gasteiger partial charge in [-0.2, -0.15) is 0 Å². The van der Waals surface area contributed by atoms with Crippen molar-refractivity contribution in [3.05, 3.63) is 70.8 Å². The van der Waals surface area contributed by atoms with E-state index in [-0.39, 0.29) is 47.1 Å². The summed E-state index contributed by atoms with van der Waals surface area (Å²) in [4.78, 5) is 28.3. The van der Waals surface area contributed by atoms with Gasteiger partial charge in [0.05, 0.1) is 5.41 Å². The van der Waals surface area contributed by atoms with E-state index in [1.807, 2.05) is 31.2 Å². The molecule has 0 unspecified atom stereocenters. The highest BCUT2D eigenvalue weighted by Crippen LogP contribution is 2.73. The van der Waals surface area contributed by atoms with E-state index in [2.05, 4.69) is 52.0 Å². The zero-order valence-corrected chi connectivity index (χ0v) is 19.3. The van der Waals surface area contributed by atoms with Gasteiger partial charge in [-0.25, -0.2) is 0 Å². The first-order chi connectivity index (χ1) is 14.7. The number of carbonyl (C=O) groups is 2. The molecule has 4 bridgehead atoms. The van der Waals surface area contributed by atoms with Crippen LogP contribution >= 0.6 is 0 Å². The third kappa shape index (κ3) is 2.18. The Morgan fingerprint density at radius 2 is 1.19 bits per heavy atom. The highest BCUT2D eigenvalue weighted by molar-refractivity contribution is 6.10. The SMILES string of the molecule is CO[C@]12C(=O)[C@H]([C@@H](C)[C@@H]1c1ccccc1C)[C@@H]1C(=O)[C@@]2(C)[C@H](c2ccccc2C)[C@H]1C. The molecule has 3 saturated carbocycles. The van der Waals surface area contributed by atoms with Gasteiger partial charge in [0.2, 0.25) is 0 Å². The Morgan fingerprint density at radius 1 is 0.742 bits per heavy atom. The van der Waals surface area contributed by atoms with E-state index in [0.717, 1.165) is 11.1 Å². The summed E-state index contributed by atoms with van der Waals surface area (Å²) in [6.07, 6.45) is 0. The second kappa shape index (κ2) is 6.62. The minimum Gasteiger partial charge on any atom is -0.369 e. The van der Waals surface area contributed by atoms with Gasteiger partial charge < -0.3 is 4.74 Å². The van der Waals surface area contributed by atoms with E-state index in [1.54, 1.807) is 7.11 Å². The molecule has 0 radical (unpaired) electrons. The highest BCUT2D eigenvalue weighted by atomic mass is 16.5. The Hall–Kier alpha value is -2.26. The number of ether oxygens (including phenoxy) is 1. The highest BCUT2D eigenvalue weighted by Gasteiger charge is 2.82. The van der Waals surface area contributed by atoms with Crippen LogP contribution in [0.5, 0.6) is 0 Å². The molecule has 8 atom stereocenters. The van der Waals surface area contributed by atoms with Gasteiger partial charge in [0, 0.05) is 30.8 Å². The molecule has 162 valence electrons. The first-order valence-corrected chi connectivity index (χ1v) is 11.5. The zero-order valence-electron chi connectivity index (χ0n) is 19.3. The summed E-state index contributed by atoms with van der Waals surface area (Å²) in [5.74, 6) is -0.167. The molecule has 3 heteroatoms. The molecule has 0 amide bonds. The van der Waals surface area contributed by atoms with E-state index < -0.39 is 11.0 Å². The fourth-order valence-electron chi connectivity index (χ4n) is 8.07. The molecule has 2 aromatic rings. The molecular formula is C28H32O3. The van der Waals surface area contributed by atoms with Crippen molar-refractivity contribution in [1.29, 1.82) is 0 Å². The van der Waals surface area contributed by atoms with Gasteiger partial charge in [0.25, 0.3) is 0 Å². The lowest BCUT2D eigenvalue weighted by Gasteiger charge is -2.50. The van der Waals surface area contributed by atoms with Crippen molar-refractivity contribution in [2.45, 2.75) is 52.1 Å². The Labute approximate surface area is 185 Å². The maximum absolute atomic E-state index is 14.2. The van der Waals surface area contributed by atoms with E-state index in [1.165, 1.54) is 11.1 Å². The van der Waals surface area contributed by atoms with Crippen molar-refractivity contribution >= 4 is 11.6 Å². The lowest BCUT2D eigenvalue weighted by atomic mass is 9.56. The lowest BCUT2D eigenvalue weighted by molar-refractivity contribution is -0.174. The summed E-state index contributed by atoms with van der Waals surface area (Å²) in [5.41, 5.74) is 2.61. The number of Topliss-reactive ketones (excluding diaryl/α,β-unsaturated/α-hetero) is 2. The quantitative estimate of drug-likeness (QED) is 0.687. The van der Waals surface area contributed by atoms with Crippen LogP contribution in [-0.2, 0) is 14.3 Å². The molecule has 3 nitrogen and oxygen atoms in total. The van der Waals surface area contributed by atoms with Crippen LogP contribution < -0.4 is 0 Å². The number of carbonyl (C=O) groups excluding carboxylic acids is 2. The predicted octanol–water partition coefficient (Wildman–Crippen LogP) is 5.25. The number of aryl methyl sites for hydroxylation is 2. The first-order valence-electron chi connectivity index (χ1n) is 11.5. The monoisotopic (exact) mass is 416 g/mol. The molecule has 3 aliphatic rings. The van der Waals surface area contributed by atoms with Crippen molar-refractivity contribution in [3.63, 3.8) is 0 Å². The van der Waals surface area contributed by atoms with Crippen molar-refractivity contribution in [2.75, 3.05) is 7.11 Å². The van der Waals surface area contributed by atoms with Crippen LogP contribution in [0.1, 0.15) is 54.9 Å². The number of ketones is 2. The third-order valence-electron chi connectivity index (χ3n) is 9.26. The lowest BCUT2D eigenvalue weighted by Crippen LogP contribution is -2.62. The zero-order chi connectivity index (χ0) is 22.3. The van der Waals surface area contributed by atoms with Crippen LogP contribution in [0, 0.1) is 42.9 Å². The van der Waals surface area contributed by atoms with Crippen LogP contribution in [-0.4, -0.2) is 24.3 Å². The fraction of sp³-hybridized carbons (Fsp3) is 0.500. The van der Waals surface area contributed by atoms with Gasteiger partial charge in [-0.1, -0.05) is 62.4 Å². The van der Waals surface area contributed by atoms with Gasteiger partial charge in [-0.15, -0.1) is 0 Å². The van der Waals surface area contributed by atoms with Crippen LogP contribution in [0.25, 0.3) is 0 Å². The van der Waals surface area contributed by atoms with E-state index in [0.29, 0.717) is 0 Å². The average Bonchev–Trinajstić information content (AvgIpc) is 3.03. The Balaban J connectivity index is 1.82. The molecule has 5 rings (SSSR count). The maximum atomic E-state index is 14.2. The van der Waals surface area contributed by atoms with Crippen molar-refractivity contribution in [3.8, 4) is 0 Å². The Bertz CT molecular complexity index is 1090. The number of hydrogen-bond acceptors (Lipinski definition) is 3. The molecule has 0 saturated heterocycles. The minimum atomic E-state index is -1.14. The molecule has 31 heavy (non-hydrogen) atoms. The standard InChI is InChI=1S/C28H32O3/c1-15-11-7-9-13-19(15)23-17(3)21-22-18(4)24(20-14-10-8-12-16(20)2)28(31-6,26(22)30)27(23,5)25(21)29/h7-14,17-18,21-24H,1-6H3/t17-,18+,21+,22+,23-,24+,27+,28-/m0/s1. The second-order valence-corrected chi connectivity index (χ2v) is 10.3. The molecule has 0 heterocycles. The largest absolute Gasteiger partial charge is 0.369 e. The Morgan fingerprint density at radius 3 is 1.71 bits per heavy atom. The summed E-state index contributed by atoms with van der Waals surface area (Å²) < 4.78 is 6.35. The molecule has 2 aromatic carbocycles. The van der Waals surface area contributed by atoms with Crippen LogP contribution in [0.4, 0.5) is 0 Å². The predicted molar refractivity (Wildman–Crippen MR) is 121 cm³/mol. The van der Waals surface area contributed by atoms with E-state index >= 15 is 0 Å². The summed E-state index contributed by atoms with van der Waals surface area (Å²) in [6, 6.07) is 16.6. The second-order valence-electron chi connectivity index (χ2n) is 10.3. The number of hydrogen-bond donors (Lipinski definition) is 0. The summed E-state index contributed by atoms with van der Waals surface area (Å²) in [5, 5.41) is 0. The summed E-state index contributed by atoms with van der Waals surface area (Å²) in [6.45, 7) is 10.6. The third-order valence-corrected chi connectivity index (χ3v) is 9.26. The smallest absolute Gasteiger partial charge is 0.170 e. The maximum Gasteiger partial charge on any atom is 0.170 e. The average molecular weight is 417 g/mol. The van der Waals surface area contributed by atoms with E-state index in [9.17, 15) is 9.59 Å². The van der Waals surface area contributed by atoms with Gasteiger partial charge in [-0.05, 0) is 54.9 Å². The molecule has 0 N–H and O–H groups in total. The van der Waals surface area contributed by atoms with Gasteiger partial charge in [0.1, 0.15) is 11.4 Å². The summed E-state index contributed by atoms with van der Waals surface area (Å²) >= 11 is 0. The van der Waals surface area contributed by atoms with E-state index in [4.69, 9.17) is 4.74 Å². The molecular weight excluding hydrogens is 384 g/mol. The summed E-state index contributed by atoms with van der Waals surface area (Å²) in [7, 11) is 1.65. The van der Waals surface area contributed by atoms with Crippen molar-refractivity contribution in [2.24, 2.45) is 29.1 Å². The van der Waals surface area contributed by atoms with Crippen molar-refractivity contribution in [1.82, 2.24) is 0 Å². The number of benzene rings is 2. The molecule has 0 spiro atoms. The molecule has 0 aliphatic heterocycles. The topological polar surface area (TPSA) is 43.4 Å². The first kappa shape index (κ1) is 20.6. The number of rotatable bonds is 3. The van der Waals surface area contributed by atoms with Crippen LogP contribution in [0.15, 0.2) is 48.5 Å². The molecule has 3 fully saturated rings. The van der Waals surface area contributed by atoms with Gasteiger partial charge in [0.15, 0.2) is 5.78 Å². The van der Waals surface area contributed by atoms with Crippen molar-refractivity contribution < 1.29 is 14.3 Å². The normalized spacial score (nSPS) is 41.1. The number of fused-ring (bicyclic) bond motifs is 6. The molecule has 3 aliphatic carbocycles. The van der Waals surface area contributed by atoms with Crippen LogP contribution in [0.2, 0.25) is 0 Å². The molecule has 0 aromatic heterocycles. The fourth-order valence-corrected chi connectivity index (χ4v) is 8.07. The number of methoxy groups -OCH3 is 1. The van der Waals surface area contributed by atoms with Gasteiger partial charge >= 0.3 is 0 Å². The minimum absolute atomic E-state index is 0.0425. The van der Waals surface area contributed by atoms with Gasteiger partial charge in [-0.3, -0.25) is 9.59 Å².